The summed E-state index contributed by atoms with van der Waals surface area (Å²) in [5.41, 5.74) is 3.59. The summed E-state index contributed by atoms with van der Waals surface area (Å²) in [6.07, 6.45) is 0. The van der Waals surface area contributed by atoms with Crippen LogP contribution in [0.5, 0.6) is 0 Å². The molecule has 20 heavy (non-hydrogen) atoms. The van der Waals surface area contributed by atoms with Crippen LogP contribution in [0.15, 0.2) is 34.8 Å². The van der Waals surface area contributed by atoms with Crippen LogP contribution in [0.1, 0.15) is 29.7 Å². The van der Waals surface area contributed by atoms with Crippen molar-refractivity contribution in [1.29, 1.82) is 0 Å². The molecule has 2 aromatic carbocycles. The van der Waals surface area contributed by atoms with Gasteiger partial charge in [0.2, 0.25) is 0 Å². The van der Waals surface area contributed by atoms with Crippen LogP contribution in [0.3, 0.4) is 0 Å². The molecule has 0 heterocycles. The third kappa shape index (κ3) is 3.18. The van der Waals surface area contributed by atoms with E-state index in [-0.39, 0.29) is 6.04 Å². The van der Waals surface area contributed by atoms with Gasteiger partial charge < -0.3 is 5.32 Å². The Labute approximate surface area is 126 Å². The van der Waals surface area contributed by atoms with Gasteiger partial charge in [-0.25, -0.2) is 8.78 Å². The van der Waals surface area contributed by atoms with Crippen molar-refractivity contribution in [3.05, 3.63) is 63.1 Å². The molecule has 1 N–H and O–H groups in total. The number of halogens is 3. The van der Waals surface area contributed by atoms with Crippen LogP contribution >= 0.6 is 15.9 Å². The summed E-state index contributed by atoms with van der Waals surface area (Å²) in [4.78, 5) is 0. The quantitative estimate of drug-likeness (QED) is 0.776. The van der Waals surface area contributed by atoms with Crippen LogP contribution in [0.4, 0.5) is 14.5 Å². The van der Waals surface area contributed by atoms with Gasteiger partial charge in [-0.3, -0.25) is 0 Å². The van der Waals surface area contributed by atoms with Crippen LogP contribution in [-0.4, -0.2) is 0 Å². The fraction of sp³-hybridized carbons (Fsp3) is 0.250. The van der Waals surface area contributed by atoms with Gasteiger partial charge in [-0.1, -0.05) is 12.1 Å². The van der Waals surface area contributed by atoms with E-state index in [1.807, 2.05) is 26.8 Å². The number of rotatable bonds is 3. The Hall–Kier alpha value is -1.42. The molecule has 0 amide bonds. The van der Waals surface area contributed by atoms with E-state index in [1.165, 1.54) is 12.1 Å². The van der Waals surface area contributed by atoms with Gasteiger partial charge in [0.05, 0.1) is 11.7 Å². The van der Waals surface area contributed by atoms with E-state index in [0.29, 0.717) is 5.56 Å². The molecular formula is C16H16BrF2N. The summed E-state index contributed by atoms with van der Waals surface area (Å²) in [6, 6.07) is 7.45. The minimum atomic E-state index is -0.564. The summed E-state index contributed by atoms with van der Waals surface area (Å²) < 4.78 is 27.7. The second kappa shape index (κ2) is 5.92. The van der Waals surface area contributed by atoms with Gasteiger partial charge in [-0.05, 0) is 60.0 Å². The number of anilines is 1. The van der Waals surface area contributed by atoms with Crippen molar-refractivity contribution >= 4 is 21.6 Å². The minimum Gasteiger partial charge on any atom is -0.377 e. The maximum atomic E-state index is 13.8. The van der Waals surface area contributed by atoms with E-state index in [1.54, 1.807) is 0 Å². The van der Waals surface area contributed by atoms with Crippen molar-refractivity contribution in [1.82, 2.24) is 0 Å². The summed E-state index contributed by atoms with van der Waals surface area (Å²) in [5, 5.41) is 3.27. The maximum Gasteiger partial charge on any atom is 0.131 e. The van der Waals surface area contributed by atoms with Gasteiger partial charge in [0.1, 0.15) is 11.6 Å². The maximum absolute atomic E-state index is 13.8. The van der Waals surface area contributed by atoms with Gasteiger partial charge in [0.25, 0.3) is 0 Å². The second-order valence-corrected chi connectivity index (χ2v) is 5.82. The molecule has 2 rings (SSSR count). The lowest BCUT2D eigenvalue weighted by atomic mass is 10.1. The van der Waals surface area contributed by atoms with Gasteiger partial charge in [0, 0.05) is 16.1 Å². The Morgan fingerprint density at radius 1 is 1.10 bits per heavy atom. The molecule has 106 valence electrons. The first-order valence-corrected chi connectivity index (χ1v) is 7.16. The molecular weight excluding hydrogens is 324 g/mol. The molecule has 0 aromatic heterocycles. The fourth-order valence-corrected chi connectivity index (χ4v) is 3.03. The molecule has 0 bridgehead atoms. The molecule has 0 radical (unpaired) electrons. The van der Waals surface area contributed by atoms with Crippen molar-refractivity contribution in [2.45, 2.75) is 26.8 Å². The van der Waals surface area contributed by atoms with Crippen LogP contribution in [-0.2, 0) is 0 Å². The number of nitrogens with one attached hydrogen (secondary N) is 1. The van der Waals surface area contributed by atoms with Crippen molar-refractivity contribution in [2.75, 3.05) is 5.32 Å². The lowest BCUT2D eigenvalue weighted by molar-refractivity contribution is 0.566. The Morgan fingerprint density at radius 3 is 2.40 bits per heavy atom. The molecule has 2 aromatic rings. The van der Waals surface area contributed by atoms with Crippen molar-refractivity contribution < 1.29 is 8.78 Å². The highest BCUT2D eigenvalue weighted by molar-refractivity contribution is 9.10. The SMILES string of the molecule is Cc1cc(C)c(NC(C)c2ccc(F)cc2F)c(Br)c1. The molecule has 1 unspecified atom stereocenters. The molecule has 0 saturated heterocycles. The smallest absolute Gasteiger partial charge is 0.131 e. The topological polar surface area (TPSA) is 12.0 Å². The summed E-state index contributed by atoms with van der Waals surface area (Å²) in [5.74, 6) is -1.10. The first kappa shape index (κ1) is 15.0. The first-order valence-electron chi connectivity index (χ1n) is 6.36. The Balaban J connectivity index is 2.30. The highest BCUT2D eigenvalue weighted by Crippen LogP contribution is 2.31. The van der Waals surface area contributed by atoms with Crippen LogP contribution < -0.4 is 5.32 Å². The van der Waals surface area contributed by atoms with E-state index in [9.17, 15) is 8.78 Å². The van der Waals surface area contributed by atoms with E-state index in [0.717, 1.165) is 27.4 Å². The van der Waals surface area contributed by atoms with E-state index >= 15 is 0 Å². The highest BCUT2D eigenvalue weighted by atomic mass is 79.9. The average molecular weight is 340 g/mol. The molecule has 0 fully saturated rings. The lowest BCUT2D eigenvalue weighted by Gasteiger charge is -2.20. The third-order valence-electron chi connectivity index (χ3n) is 3.22. The zero-order chi connectivity index (χ0) is 14.9. The number of benzene rings is 2. The largest absolute Gasteiger partial charge is 0.377 e. The van der Waals surface area contributed by atoms with Crippen LogP contribution in [0, 0.1) is 25.5 Å². The number of hydrogen-bond acceptors (Lipinski definition) is 1. The normalized spacial score (nSPS) is 12.3. The molecule has 0 aliphatic heterocycles. The highest BCUT2D eigenvalue weighted by Gasteiger charge is 2.14. The van der Waals surface area contributed by atoms with Gasteiger partial charge in [-0.2, -0.15) is 0 Å². The average Bonchev–Trinajstić information content (AvgIpc) is 2.33. The molecule has 1 nitrogen and oxygen atoms in total. The zero-order valence-corrected chi connectivity index (χ0v) is 13.2. The standard InChI is InChI=1S/C16H16BrF2N/c1-9-6-10(2)16(14(17)7-9)20-11(3)13-5-4-12(18)8-15(13)19/h4-8,11,20H,1-3H3. The Bertz CT molecular complexity index is 617. The summed E-state index contributed by atoms with van der Waals surface area (Å²) in [7, 11) is 0. The minimum absolute atomic E-state index is 0.256. The Morgan fingerprint density at radius 2 is 1.80 bits per heavy atom. The lowest BCUT2D eigenvalue weighted by Crippen LogP contribution is -2.10. The van der Waals surface area contributed by atoms with E-state index in [4.69, 9.17) is 0 Å². The van der Waals surface area contributed by atoms with E-state index in [2.05, 4.69) is 27.3 Å². The molecule has 1 atom stereocenters. The second-order valence-electron chi connectivity index (χ2n) is 4.97. The van der Waals surface area contributed by atoms with Gasteiger partial charge in [-0.15, -0.1) is 0 Å². The van der Waals surface area contributed by atoms with Gasteiger partial charge >= 0.3 is 0 Å². The predicted octanol–water partition coefficient (Wildman–Crippen LogP) is 5.52. The van der Waals surface area contributed by atoms with Crippen molar-refractivity contribution in [3.63, 3.8) is 0 Å². The predicted molar refractivity (Wildman–Crippen MR) is 82.0 cm³/mol. The van der Waals surface area contributed by atoms with Crippen molar-refractivity contribution in [2.24, 2.45) is 0 Å². The summed E-state index contributed by atoms with van der Waals surface area (Å²) in [6.45, 7) is 5.86. The van der Waals surface area contributed by atoms with Crippen LogP contribution in [0.2, 0.25) is 0 Å². The fourth-order valence-electron chi connectivity index (χ4n) is 2.25. The molecule has 0 spiro atoms. The van der Waals surface area contributed by atoms with Crippen LogP contribution in [0.25, 0.3) is 0 Å². The third-order valence-corrected chi connectivity index (χ3v) is 3.85. The molecule has 0 saturated carbocycles. The summed E-state index contributed by atoms with van der Waals surface area (Å²) >= 11 is 3.51. The first-order chi connectivity index (χ1) is 9.38. The number of hydrogen-bond donors (Lipinski definition) is 1. The monoisotopic (exact) mass is 339 g/mol. The van der Waals surface area contributed by atoms with Gasteiger partial charge in [0.15, 0.2) is 0 Å². The zero-order valence-electron chi connectivity index (χ0n) is 11.6. The Kier molecular flexibility index (Phi) is 4.43. The molecule has 0 aliphatic carbocycles. The van der Waals surface area contributed by atoms with Crippen molar-refractivity contribution in [3.8, 4) is 0 Å². The molecule has 0 aliphatic rings. The number of aryl methyl sites for hydroxylation is 2. The van der Waals surface area contributed by atoms with E-state index < -0.39 is 11.6 Å². The molecule has 4 heteroatoms.